The first kappa shape index (κ1) is 29.5. The first-order chi connectivity index (χ1) is 20.0. The smallest absolute Gasteiger partial charge is 0.242 e. The summed E-state index contributed by atoms with van der Waals surface area (Å²) < 4.78 is 51.8. The fourth-order valence-electron chi connectivity index (χ4n) is 5.41. The zero-order valence-corrected chi connectivity index (χ0v) is 25.1. The van der Waals surface area contributed by atoms with Crippen molar-refractivity contribution in [1.29, 1.82) is 0 Å². The van der Waals surface area contributed by atoms with Crippen LogP contribution in [0.5, 0.6) is 0 Å². The Labute approximate surface area is 246 Å². The highest BCUT2D eigenvalue weighted by atomic mass is 32.3. The van der Waals surface area contributed by atoms with Gasteiger partial charge in [-0.05, 0) is 40.8 Å². The van der Waals surface area contributed by atoms with Gasteiger partial charge in [0.1, 0.15) is 6.04 Å². The largest absolute Gasteiger partial charge is 0.364 e. The summed E-state index contributed by atoms with van der Waals surface area (Å²) in [6, 6.07) is 23.3. The molecule has 0 saturated heterocycles. The van der Waals surface area contributed by atoms with Crippen molar-refractivity contribution < 1.29 is 21.6 Å². The molecular weight excluding hydrogens is 574 g/mol. The summed E-state index contributed by atoms with van der Waals surface area (Å²) in [4.78, 5) is 25.3. The number of sulfonamides is 2. The highest BCUT2D eigenvalue weighted by Gasteiger charge is 2.42. The first-order valence-electron chi connectivity index (χ1n) is 13.4. The highest BCUT2D eigenvalue weighted by Crippen LogP contribution is 2.32. The van der Waals surface area contributed by atoms with E-state index in [1.54, 1.807) is 47.8 Å². The summed E-state index contributed by atoms with van der Waals surface area (Å²) in [5.74, 6) is -0.575. The van der Waals surface area contributed by atoms with E-state index in [1.165, 1.54) is 0 Å². The van der Waals surface area contributed by atoms with Gasteiger partial charge in [-0.2, -0.15) is 0 Å². The van der Waals surface area contributed by atoms with Crippen LogP contribution < -0.4 is 4.90 Å². The van der Waals surface area contributed by atoms with E-state index in [0.717, 1.165) is 40.6 Å². The number of rotatable bonds is 9. The molecule has 1 aliphatic rings. The summed E-state index contributed by atoms with van der Waals surface area (Å²) in [7, 11) is -8.61. The molecule has 1 aromatic heterocycles. The van der Waals surface area contributed by atoms with Crippen LogP contribution in [0.4, 0.5) is 5.69 Å². The third-order valence-electron chi connectivity index (χ3n) is 7.22. The summed E-state index contributed by atoms with van der Waals surface area (Å²) in [5.41, 5.74) is 5.34. The van der Waals surface area contributed by atoms with Gasteiger partial charge in [0.05, 0.1) is 31.1 Å². The molecule has 1 N–H and O–H groups in total. The standard InChI is InChI=1S/C30H33N5O5S2/c1-41(37,38)35(42(2,39)40)29(17-23-9-5-3-6-10-23)30(36)34-16-15-33(21-27-19-31-22-32-27)28-14-13-25(18-26(28)20-34)24-11-7-4-8-12-24/h3-14,18-19,22,29H,15-17,20-21H2,1-2H3,(H,31,32). The molecule has 2 heterocycles. The van der Waals surface area contributed by atoms with Crippen LogP contribution in [-0.2, 0) is 44.4 Å². The van der Waals surface area contributed by atoms with E-state index >= 15 is 0 Å². The SMILES string of the molecule is CS(=O)(=O)N(C(Cc1ccccc1)C(=O)N1CCN(Cc2cnc[nH]2)c2ccc(-c3ccccc3)cc2C1)S(C)(=O)=O. The fraction of sp³-hybridized carbons (Fsp3) is 0.267. The van der Waals surface area contributed by atoms with Gasteiger partial charge in [-0.1, -0.05) is 70.4 Å². The summed E-state index contributed by atoms with van der Waals surface area (Å²) in [6.45, 7) is 1.40. The Bertz CT molecular complexity index is 1710. The molecule has 1 amide bonds. The number of nitrogens with one attached hydrogen (secondary N) is 1. The maximum absolute atomic E-state index is 14.3. The van der Waals surface area contributed by atoms with Crippen LogP contribution in [0.2, 0.25) is 0 Å². The molecule has 0 radical (unpaired) electrons. The quantitative estimate of drug-likeness (QED) is 0.310. The molecule has 1 unspecified atom stereocenters. The van der Waals surface area contributed by atoms with E-state index in [9.17, 15) is 21.6 Å². The monoisotopic (exact) mass is 607 g/mol. The molecule has 5 rings (SSSR count). The second kappa shape index (κ2) is 12.1. The predicted octanol–water partition coefficient (Wildman–Crippen LogP) is 3.26. The zero-order chi connectivity index (χ0) is 29.9. The van der Waals surface area contributed by atoms with E-state index in [4.69, 9.17) is 0 Å². The molecule has 12 heteroatoms. The average Bonchev–Trinajstić information content (AvgIpc) is 3.39. The molecule has 0 aliphatic carbocycles. The van der Waals surface area contributed by atoms with Gasteiger partial charge in [0.15, 0.2) is 0 Å². The van der Waals surface area contributed by atoms with Crippen LogP contribution in [0.25, 0.3) is 11.1 Å². The number of benzene rings is 3. The number of aromatic nitrogens is 2. The van der Waals surface area contributed by atoms with Crippen LogP contribution in [0, 0.1) is 0 Å². The van der Waals surface area contributed by atoms with Gasteiger partial charge in [0.2, 0.25) is 26.0 Å². The zero-order valence-electron chi connectivity index (χ0n) is 23.4. The molecule has 0 spiro atoms. The lowest BCUT2D eigenvalue weighted by atomic mass is 10.0. The molecule has 1 aliphatic heterocycles. The fourth-order valence-corrected chi connectivity index (χ4v) is 8.64. The lowest BCUT2D eigenvalue weighted by Gasteiger charge is -2.32. The maximum Gasteiger partial charge on any atom is 0.242 e. The van der Waals surface area contributed by atoms with Gasteiger partial charge >= 0.3 is 0 Å². The van der Waals surface area contributed by atoms with Crippen molar-refractivity contribution in [2.75, 3.05) is 30.5 Å². The van der Waals surface area contributed by atoms with Gasteiger partial charge in [0.25, 0.3) is 0 Å². The number of hydrogen-bond donors (Lipinski definition) is 1. The lowest BCUT2D eigenvalue weighted by molar-refractivity contribution is -0.134. The maximum atomic E-state index is 14.3. The van der Waals surface area contributed by atoms with Crippen molar-refractivity contribution in [3.63, 3.8) is 0 Å². The van der Waals surface area contributed by atoms with E-state index in [0.29, 0.717) is 22.4 Å². The van der Waals surface area contributed by atoms with Crippen LogP contribution in [-0.4, -0.2) is 73.0 Å². The number of fused-ring (bicyclic) bond motifs is 1. The van der Waals surface area contributed by atoms with Gasteiger partial charge in [-0.3, -0.25) is 4.79 Å². The molecule has 220 valence electrons. The Morgan fingerprint density at radius 3 is 2.19 bits per heavy atom. The topological polar surface area (TPSA) is 124 Å². The summed E-state index contributed by atoms with van der Waals surface area (Å²) in [6.07, 6.45) is 4.90. The van der Waals surface area contributed by atoms with Crippen LogP contribution >= 0.6 is 0 Å². The highest BCUT2D eigenvalue weighted by molar-refractivity contribution is 8.03. The number of hydrogen-bond acceptors (Lipinski definition) is 7. The van der Waals surface area contributed by atoms with Crippen molar-refractivity contribution in [3.8, 4) is 11.1 Å². The number of aromatic amines is 1. The number of imidazole rings is 1. The third kappa shape index (κ3) is 6.72. The minimum Gasteiger partial charge on any atom is -0.364 e. The van der Waals surface area contributed by atoms with Gasteiger partial charge in [-0.25, -0.2) is 21.8 Å². The number of anilines is 1. The predicted molar refractivity (Wildman–Crippen MR) is 162 cm³/mol. The molecule has 0 bridgehead atoms. The van der Waals surface area contributed by atoms with Gasteiger partial charge < -0.3 is 14.8 Å². The van der Waals surface area contributed by atoms with Crippen molar-refractivity contribution in [1.82, 2.24) is 18.6 Å². The molecule has 10 nitrogen and oxygen atoms in total. The van der Waals surface area contributed by atoms with Crippen LogP contribution in [0.15, 0.2) is 91.4 Å². The molecule has 1 atom stereocenters. The average molecular weight is 608 g/mol. The van der Waals surface area contributed by atoms with E-state index in [-0.39, 0.29) is 19.5 Å². The Kier molecular flexibility index (Phi) is 8.48. The molecular formula is C30H33N5O5S2. The van der Waals surface area contributed by atoms with E-state index in [1.807, 2.05) is 48.5 Å². The van der Waals surface area contributed by atoms with Gasteiger partial charge in [0, 0.05) is 31.5 Å². The minimum atomic E-state index is -4.31. The third-order valence-corrected chi connectivity index (χ3v) is 10.7. The molecule has 3 aromatic carbocycles. The molecule has 42 heavy (non-hydrogen) atoms. The molecule has 0 fully saturated rings. The van der Waals surface area contributed by atoms with E-state index in [2.05, 4.69) is 14.9 Å². The van der Waals surface area contributed by atoms with Crippen LogP contribution in [0.1, 0.15) is 16.8 Å². The minimum absolute atomic E-state index is 0.0922. The summed E-state index contributed by atoms with van der Waals surface area (Å²) >= 11 is 0. The van der Waals surface area contributed by atoms with Crippen molar-refractivity contribution in [2.24, 2.45) is 0 Å². The van der Waals surface area contributed by atoms with Crippen molar-refractivity contribution in [3.05, 3.63) is 108 Å². The number of carbonyl (C=O) groups is 1. The Morgan fingerprint density at radius 2 is 1.57 bits per heavy atom. The number of H-pyrrole nitrogens is 1. The number of amides is 1. The number of nitrogens with zero attached hydrogens (tertiary/aromatic N) is 4. The van der Waals surface area contributed by atoms with Crippen LogP contribution in [0.3, 0.4) is 0 Å². The van der Waals surface area contributed by atoms with Crippen molar-refractivity contribution >= 4 is 31.6 Å². The Morgan fingerprint density at radius 1 is 0.905 bits per heavy atom. The van der Waals surface area contributed by atoms with Gasteiger partial charge in [-0.15, -0.1) is 0 Å². The lowest BCUT2D eigenvalue weighted by Crippen LogP contribution is -2.54. The summed E-state index contributed by atoms with van der Waals surface area (Å²) in [5, 5.41) is 0. The molecule has 4 aromatic rings. The normalized spacial score (nSPS) is 14.8. The first-order valence-corrected chi connectivity index (χ1v) is 17.1. The Hall–Kier alpha value is -4.00. The van der Waals surface area contributed by atoms with Crippen molar-refractivity contribution in [2.45, 2.75) is 25.6 Å². The second-order valence-corrected chi connectivity index (χ2v) is 14.4. The molecule has 0 saturated carbocycles. The Balaban J connectivity index is 1.56. The van der Waals surface area contributed by atoms with E-state index < -0.39 is 32.0 Å². The number of carbonyl (C=O) groups excluding carboxylic acids is 1. The second-order valence-electron chi connectivity index (χ2n) is 10.4.